The van der Waals surface area contributed by atoms with Gasteiger partial charge in [-0.15, -0.1) is 0 Å². The lowest BCUT2D eigenvalue weighted by molar-refractivity contribution is -0.113. The average Bonchev–Trinajstić information content (AvgIpc) is 2.68. The zero-order valence-electron chi connectivity index (χ0n) is 15.5. The number of nitrogens with zero attached hydrogens (tertiary/aromatic N) is 1. The van der Waals surface area contributed by atoms with Gasteiger partial charge in [-0.1, -0.05) is 72.6 Å². The van der Waals surface area contributed by atoms with Crippen LogP contribution in [-0.4, -0.2) is 40.5 Å². The summed E-state index contributed by atoms with van der Waals surface area (Å²) < 4.78 is 1.04. The van der Waals surface area contributed by atoms with E-state index in [2.05, 4.69) is 40.2 Å². The summed E-state index contributed by atoms with van der Waals surface area (Å²) in [6, 6.07) is 16.4. The lowest BCUT2D eigenvalue weighted by Gasteiger charge is -2.41. The van der Waals surface area contributed by atoms with Gasteiger partial charge in [0.1, 0.15) is 12.3 Å². The van der Waals surface area contributed by atoms with E-state index in [0.717, 1.165) is 47.1 Å². The smallest absolute Gasteiger partial charge is 0.134 e. The average molecular weight is 418 g/mol. The van der Waals surface area contributed by atoms with Gasteiger partial charge in [0.2, 0.25) is 0 Å². The third-order valence-corrected chi connectivity index (χ3v) is 6.09. The molecule has 2 aromatic carbocycles. The normalized spacial score (nSPS) is 18.5. The fourth-order valence-corrected chi connectivity index (χ4v) is 4.11. The van der Waals surface area contributed by atoms with Crippen LogP contribution in [0.1, 0.15) is 38.7 Å². The van der Waals surface area contributed by atoms with E-state index in [-0.39, 0.29) is 0 Å². The Bertz CT molecular complexity index is 723. The van der Waals surface area contributed by atoms with Crippen LogP contribution in [0.25, 0.3) is 11.1 Å². The molecule has 2 atom stereocenters. The predicted molar refractivity (Wildman–Crippen MR) is 110 cm³/mol. The Morgan fingerprint density at radius 1 is 0.923 bits per heavy atom. The summed E-state index contributed by atoms with van der Waals surface area (Å²) >= 11 is 3.48. The van der Waals surface area contributed by atoms with Gasteiger partial charge >= 0.3 is 0 Å². The summed E-state index contributed by atoms with van der Waals surface area (Å²) in [5.41, 5.74) is 2.66. The molecule has 140 valence electrons. The van der Waals surface area contributed by atoms with Gasteiger partial charge < -0.3 is 10.2 Å². The van der Waals surface area contributed by atoms with Gasteiger partial charge in [0.25, 0.3) is 0 Å². The van der Waals surface area contributed by atoms with Crippen LogP contribution in [0.3, 0.4) is 0 Å². The third-order valence-electron chi connectivity index (χ3n) is 5.56. The molecule has 2 N–H and O–H groups in total. The van der Waals surface area contributed by atoms with Gasteiger partial charge in [-0.05, 0) is 41.7 Å². The van der Waals surface area contributed by atoms with E-state index in [1.165, 1.54) is 6.42 Å². The van der Waals surface area contributed by atoms with E-state index in [9.17, 15) is 10.2 Å². The van der Waals surface area contributed by atoms with Crippen LogP contribution < -0.4 is 0 Å². The van der Waals surface area contributed by atoms with Gasteiger partial charge in [-0.3, -0.25) is 4.90 Å². The topological polar surface area (TPSA) is 43.7 Å². The van der Waals surface area contributed by atoms with E-state index < -0.39 is 17.7 Å². The zero-order valence-corrected chi connectivity index (χ0v) is 17.1. The molecule has 3 rings (SSSR count). The maximum absolute atomic E-state index is 11.1. The van der Waals surface area contributed by atoms with Crippen molar-refractivity contribution in [2.45, 2.75) is 50.9 Å². The highest BCUT2D eigenvalue weighted by molar-refractivity contribution is 9.10. The summed E-state index contributed by atoms with van der Waals surface area (Å²) in [5.74, 6) is 0. The quantitative estimate of drug-likeness (QED) is 0.748. The third kappa shape index (κ3) is 4.04. The van der Waals surface area contributed by atoms with Gasteiger partial charge in [0.05, 0.1) is 0 Å². The molecule has 3 nitrogen and oxygen atoms in total. The molecule has 0 aliphatic carbocycles. The Labute approximate surface area is 164 Å². The fraction of sp³-hybridized carbons (Fsp3) is 0.455. The molecular formula is C22H28BrNO2. The van der Waals surface area contributed by atoms with Crippen LogP contribution >= 0.6 is 15.9 Å². The molecule has 0 aromatic heterocycles. The molecule has 26 heavy (non-hydrogen) atoms. The second-order valence-electron chi connectivity index (χ2n) is 7.73. The Hall–Kier alpha value is -1.20. The monoisotopic (exact) mass is 417 g/mol. The Morgan fingerprint density at radius 3 is 2.19 bits per heavy atom. The van der Waals surface area contributed by atoms with Crippen molar-refractivity contribution in [1.82, 2.24) is 4.90 Å². The molecule has 0 spiro atoms. The highest BCUT2D eigenvalue weighted by atomic mass is 79.9. The van der Waals surface area contributed by atoms with Crippen molar-refractivity contribution < 1.29 is 10.2 Å². The summed E-state index contributed by atoms with van der Waals surface area (Å²) in [4.78, 5) is 2.01. The molecule has 0 saturated carbocycles. The predicted octanol–water partition coefficient (Wildman–Crippen LogP) is 4.56. The maximum Gasteiger partial charge on any atom is 0.134 e. The minimum Gasteiger partial charge on any atom is -0.388 e. The van der Waals surface area contributed by atoms with E-state index >= 15 is 0 Å². The summed E-state index contributed by atoms with van der Waals surface area (Å²) in [6.07, 6.45) is 1.66. The molecule has 1 heterocycles. The summed E-state index contributed by atoms with van der Waals surface area (Å²) in [7, 11) is 0. The van der Waals surface area contributed by atoms with Crippen molar-refractivity contribution in [3.05, 3.63) is 58.6 Å². The van der Waals surface area contributed by atoms with Crippen molar-refractivity contribution in [2.75, 3.05) is 13.1 Å². The highest BCUT2D eigenvalue weighted by Gasteiger charge is 2.39. The largest absolute Gasteiger partial charge is 0.388 e. The van der Waals surface area contributed by atoms with Crippen LogP contribution in [0.4, 0.5) is 0 Å². The Kier molecular flexibility index (Phi) is 6.18. The number of benzene rings is 2. The molecule has 4 heteroatoms. The fourth-order valence-electron chi connectivity index (χ4n) is 3.84. The number of piperidine rings is 1. The number of hydrogen-bond acceptors (Lipinski definition) is 3. The first-order valence-corrected chi connectivity index (χ1v) is 10.2. The van der Waals surface area contributed by atoms with Crippen molar-refractivity contribution in [3.8, 4) is 11.1 Å². The molecular weight excluding hydrogens is 390 g/mol. The highest BCUT2D eigenvalue weighted by Crippen LogP contribution is 2.37. The van der Waals surface area contributed by atoms with Crippen LogP contribution in [0.2, 0.25) is 0 Å². The second-order valence-corrected chi connectivity index (χ2v) is 8.64. The minimum absolute atomic E-state index is 0.583. The molecule has 2 aromatic rings. The standard InChI is InChI=1S/C22H28BrNO2/c1-22(2,20(25)21(26)24-14-6-3-7-15-24)19-9-5-4-8-18(19)16-10-12-17(23)13-11-16/h4-5,8-13,20-21,25-26H,3,6-7,14-15H2,1-2H3. The number of halogens is 1. The Balaban J connectivity index is 1.92. The van der Waals surface area contributed by atoms with Gasteiger partial charge in [-0.2, -0.15) is 0 Å². The minimum atomic E-state index is -0.864. The number of likely N-dealkylation sites (tertiary alicyclic amines) is 1. The molecule has 1 saturated heterocycles. The first kappa shape index (κ1) is 19.6. The van der Waals surface area contributed by atoms with Gasteiger partial charge in [0.15, 0.2) is 0 Å². The van der Waals surface area contributed by atoms with E-state index in [4.69, 9.17) is 0 Å². The number of rotatable bonds is 5. The number of hydrogen-bond donors (Lipinski definition) is 2. The van der Waals surface area contributed by atoms with Crippen LogP contribution in [-0.2, 0) is 5.41 Å². The van der Waals surface area contributed by atoms with Crippen LogP contribution in [0.5, 0.6) is 0 Å². The van der Waals surface area contributed by atoms with Crippen LogP contribution in [0, 0.1) is 0 Å². The summed E-state index contributed by atoms with van der Waals surface area (Å²) in [6.45, 7) is 5.73. The first-order valence-electron chi connectivity index (χ1n) is 9.37. The van der Waals surface area contributed by atoms with E-state index in [1.54, 1.807) is 0 Å². The van der Waals surface area contributed by atoms with Crippen molar-refractivity contribution in [3.63, 3.8) is 0 Å². The van der Waals surface area contributed by atoms with Crippen LogP contribution in [0.15, 0.2) is 53.0 Å². The van der Waals surface area contributed by atoms with E-state index in [0.29, 0.717) is 0 Å². The van der Waals surface area contributed by atoms with Crippen molar-refractivity contribution in [1.29, 1.82) is 0 Å². The molecule has 0 amide bonds. The molecule has 0 bridgehead atoms. The lowest BCUT2D eigenvalue weighted by Crippen LogP contribution is -2.53. The van der Waals surface area contributed by atoms with Crippen molar-refractivity contribution in [2.24, 2.45) is 0 Å². The molecule has 0 radical (unpaired) electrons. The molecule has 1 fully saturated rings. The molecule has 1 aliphatic rings. The zero-order chi connectivity index (χ0) is 18.7. The molecule has 1 aliphatic heterocycles. The summed E-state index contributed by atoms with van der Waals surface area (Å²) in [5, 5.41) is 21.9. The first-order chi connectivity index (χ1) is 12.4. The van der Waals surface area contributed by atoms with Gasteiger partial charge in [0, 0.05) is 23.0 Å². The Morgan fingerprint density at radius 2 is 1.54 bits per heavy atom. The number of aliphatic hydroxyl groups is 2. The maximum atomic E-state index is 11.1. The SMILES string of the molecule is CC(C)(c1ccccc1-c1ccc(Br)cc1)C(O)C(O)N1CCCCC1. The number of aliphatic hydroxyl groups excluding tert-OH is 2. The molecule has 2 unspecified atom stereocenters. The lowest BCUT2D eigenvalue weighted by atomic mass is 9.75. The second kappa shape index (κ2) is 8.22. The van der Waals surface area contributed by atoms with E-state index in [1.807, 2.05) is 43.0 Å². The van der Waals surface area contributed by atoms with Gasteiger partial charge in [-0.25, -0.2) is 0 Å². The van der Waals surface area contributed by atoms with Crippen molar-refractivity contribution >= 4 is 15.9 Å².